The van der Waals surface area contributed by atoms with E-state index in [-0.39, 0.29) is 11.3 Å². The number of nitrogens with two attached hydrogens (primary N) is 1. The zero-order valence-corrected chi connectivity index (χ0v) is 11.3. The maximum absolute atomic E-state index is 12.2. The summed E-state index contributed by atoms with van der Waals surface area (Å²) in [5.74, 6) is 0.0794. The van der Waals surface area contributed by atoms with Gasteiger partial charge in [0, 0.05) is 32.7 Å². The van der Waals surface area contributed by atoms with Crippen LogP contribution in [0.4, 0.5) is 0 Å². The first-order valence-electron chi connectivity index (χ1n) is 6.24. The molecular formula is C13H25N3O. The van der Waals surface area contributed by atoms with Gasteiger partial charge in [0.05, 0.1) is 6.04 Å². The van der Waals surface area contributed by atoms with Crippen molar-refractivity contribution in [2.45, 2.75) is 26.8 Å². The molecule has 1 atom stereocenters. The highest BCUT2D eigenvalue weighted by Gasteiger charge is 2.32. The molecule has 1 saturated heterocycles. The van der Waals surface area contributed by atoms with E-state index in [4.69, 9.17) is 5.73 Å². The molecule has 1 aliphatic heterocycles. The lowest BCUT2D eigenvalue weighted by atomic mass is 9.86. The number of hydrogen-bond acceptors (Lipinski definition) is 3. The van der Waals surface area contributed by atoms with Crippen molar-refractivity contribution < 1.29 is 4.79 Å². The Morgan fingerprint density at radius 2 is 1.88 bits per heavy atom. The molecular weight excluding hydrogens is 214 g/mol. The summed E-state index contributed by atoms with van der Waals surface area (Å²) < 4.78 is 0. The van der Waals surface area contributed by atoms with Crippen LogP contribution in [0.15, 0.2) is 12.7 Å². The fraction of sp³-hybridized carbons (Fsp3) is 0.769. The Morgan fingerprint density at radius 3 is 2.29 bits per heavy atom. The molecule has 2 N–H and O–H groups in total. The van der Waals surface area contributed by atoms with Crippen LogP contribution in [-0.2, 0) is 4.79 Å². The second-order valence-electron chi connectivity index (χ2n) is 5.76. The van der Waals surface area contributed by atoms with Crippen LogP contribution in [0.2, 0.25) is 0 Å². The van der Waals surface area contributed by atoms with Gasteiger partial charge in [0.2, 0.25) is 5.91 Å². The van der Waals surface area contributed by atoms with Gasteiger partial charge in [-0.15, -0.1) is 6.58 Å². The van der Waals surface area contributed by atoms with Crippen molar-refractivity contribution in [1.29, 1.82) is 0 Å². The van der Waals surface area contributed by atoms with Crippen LogP contribution in [-0.4, -0.2) is 54.5 Å². The third-order valence-electron chi connectivity index (χ3n) is 3.27. The van der Waals surface area contributed by atoms with Crippen LogP contribution in [0.1, 0.15) is 20.8 Å². The van der Waals surface area contributed by atoms with E-state index in [9.17, 15) is 4.79 Å². The summed E-state index contributed by atoms with van der Waals surface area (Å²) in [4.78, 5) is 16.3. The van der Waals surface area contributed by atoms with E-state index in [2.05, 4.69) is 11.5 Å². The lowest BCUT2D eigenvalue weighted by Crippen LogP contribution is -2.56. The molecule has 4 heteroatoms. The van der Waals surface area contributed by atoms with E-state index in [1.54, 1.807) is 0 Å². The monoisotopic (exact) mass is 239 g/mol. The summed E-state index contributed by atoms with van der Waals surface area (Å²) in [6.07, 6.45) is 1.90. The number of nitrogens with zero attached hydrogens (tertiary/aromatic N) is 2. The molecule has 0 saturated carbocycles. The van der Waals surface area contributed by atoms with Gasteiger partial charge in [-0.25, -0.2) is 0 Å². The zero-order valence-electron chi connectivity index (χ0n) is 11.3. The van der Waals surface area contributed by atoms with Crippen molar-refractivity contribution >= 4 is 5.91 Å². The fourth-order valence-corrected chi connectivity index (χ4v) is 1.90. The molecule has 98 valence electrons. The van der Waals surface area contributed by atoms with Gasteiger partial charge in [-0.3, -0.25) is 9.69 Å². The quantitative estimate of drug-likeness (QED) is 0.737. The number of carbonyl (C=O) groups excluding carboxylic acids is 1. The second-order valence-corrected chi connectivity index (χ2v) is 5.76. The second kappa shape index (κ2) is 5.65. The van der Waals surface area contributed by atoms with E-state index in [0.29, 0.717) is 0 Å². The van der Waals surface area contributed by atoms with Gasteiger partial charge in [0.1, 0.15) is 0 Å². The number of piperazine rings is 1. The van der Waals surface area contributed by atoms with Crippen molar-refractivity contribution in [3.63, 3.8) is 0 Å². The van der Waals surface area contributed by atoms with E-state index in [1.165, 1.54) is 0 Å². The van der Waals surface area contributed by atoms with E-state index in [1.807, 2.05) is 31.7 Å². The summed E-state index contributed by atoms with van der Waals surface area (Å²) in [7, 11) is 0. The first-order valence-corrected chi connectivity index (χ1v) is 6.24. The largest absolute Gasteiger partial charge is 0.339 e. The van der Waals surface area contributed by atoms with Crippen molar-refractivity contribution in [2.75, 3.05) is 32.7 Å². The summed E-state index contributed by atoms with van der Waals surface area (Å²) >= 11 is 0. The number of hydrogen-bond donors (Lipinski definition) is 1. The molecule has 1 amide bonds. The lowest BCUT2D eigenvalue weighted by molar-refractivity contribution is -0.136. The van der Waals surface area contributed by atoms with Crippen LogP contribution in [0.25, 0.3) is 0 Å². The van der Waals surface area contributed by atoms with Crippen LogP contribution < -0.4 is 5.73 Å². The van der Waals surface area contributed by atoms with E-state index in [0.717, 1.165) is 32.7 Å². The fourth-order valence-electron chi connectivity index (χ4n) is 1.90. The summed E-state index contributed by atoms with van der Waals surface area (Å²) in [5, 5.41) is 0. The first-order chi connectivity index (χ1) is 7.86. The van der Waals surface area contributed by atoms with Crippen molar-refractivity contribution in [3.8, 4) is 0 Å². The lowest BCUT2D eigenvalue weighted by Gasteiger charge is -2.37. The average molecular weight is 239 g/mol. The summed E-state index contributed by atoms with van der Waals surface area (Å²) in [5.41, 5.74) is 5.83. The third kappa shape index (κ3) is 3.82. The van der Waals surface area contributed by atoms with Gasteiger partial charge in [-0.1, -0.05) is 26.8 Å². The highest BCUT2D eigenvalue weighted by atomic mass is 16.2. The molecule has 0 aromatic heterocycles. The molecule has 17 heavy (non-hydrogen) atoms. The SMILES string of the molecule is C=CCN1CCN(C(=O)[C@@H](N)C(C)(C)C)CC1. The Labute approximate surface area is 104 Å². The van der Waals surface area contributed by atoms with Gasteiger partial charge < -0.3 is 10.6 Å². The predicted octanol–water partition coefficient (Wildman–Crippen LogP) is 0.690. The van der Waals surface area contributed by atoms with Crippen LogP contribution in [0.3, 0.4) is 0 Å². The molecule has 0 spiro atoms. The molecule has 1 rings (SSSR count). The molecule has 0 aliphatic carbocycles. The summed E-state index contributed by atoms with van der Waals surface area (Å²) in [6, 6.07) is -0.409. The molecule has 0 unspecified atom stereocenters. The maximum Gasteiger partial charge on any atom is 0.240 e. The third-order valence-corrected chi connectivity index (χ3v) is 3.27. The minimum Gasteiger partial charge on any atom is -0.339 e. The smallest absolute Gasteiger partial charge is 0.240 e. The molecule has 0 aromatic carbocycles. The Morgan fingerprint density at radius 1 is 1.35 bits per heavy atom. The van der Waals surface area contributed by atoms with Gasteiger partial charge >= 0.3 is 0 Å². The van der Waals surface area contributed by atoms with Gasteiger partial charge in [0.25, 0.3) is 0 Å². The van der Waals surface area contributed by atoms with Gasteiger partial charge in [0.15, 0.2) is 0 Å². The normalized spacial score (nSPS) is 20.1. The molecule has 1 heterocycles. The van der Waals surface area contributed by atoms with Crippen LogP contribution >= 0.6 is 0 Å². The van der Waals surface area contributed by atoms with E-state index >= 15 is 0 Å². The zero-order chi connectivity index (χ0) is 13.1. The number of carbonyl (C=O) groups is 1. The molecule has 4 nitrogen and oxygen atoms in total. The summed E-state index contributed by atoms with van der Waals surface area (Å²) in [6.45, 7) is 14.0. The predicted molar refractivity (Wildman–Crippen MR) is 70.6 cm³/mol. The minimum absolute atomic E-state index is 0.0794. The Hall–Kier alpha value is -0.870. The van der Waals surface area contributed by atoms with E-state index < -0.39 is 6.04 Å². The molecule has 0 aromatic rings. The Kier molecular flexibility index (Phi) is 4.71. The maximum atomic E-state index is 12.2. The van der Waals surface area contributed by atoms with Crippen molar-refractivity contribution in [2.24, 2.45) is 11.1 Å². The minimum atomic E-state index is -0.409. The molecule has 1 fully saturated rings. The molecule has 0 radical (unpaired) electrons. The van der Waals surface area contributed by atoms with Crippen LogP contribution in [0.5, 0.6) is 0 Å². The molecule has 1 aliphatic rings. The average Bonchev–Trinajstić information content (AvgIpc) is 2.27. The first kappa shape index (κ1) is 14.2. The van der Waals surface area contributed by atoms with Gasteiger partial charge in [-0.2, -0.15) is 0 Å². The standard InChI is InChI=1S/C13H25N3O/c1-5-6-15-7-9-16(10-8-15)12(17)11(14)13(2,3)4/h5,11H,1,6-10,14H2,2-4H3/t11-/m1/s1. The highest BCUT2D eigenvalue weighted by molar-refractivity contribution is 5.82. The highest BCUT2D eigenvalue weighted by Crippen LogP contribution is 2.19. The Balaban J connectivity index is 2.48. The Bertz CT molecular complexity index is 275. The topological polar surface area (TPSA) is 49.6 Å². The van der Waals surface area contributed by atoms with Gasteiger partial charge in [-0.05, 0) is 5.41 Å². The van der Waals surface area contributed by atoms with Crippen LogP contribution in [0, 0.1) is 5.41 Å². The number of rotatable bonds is 3. The molecule has 0 bridgehead atoms. The number of amides is 1. The van der Waals surface area contributed by atoms with Crippen molar-refractivity contribution in [3.05, 3.63) is 12.7 Å². The van der Waals surface area contributed by atoms with Crippen molar-refractivity contribution in [1.82, 2.24) is 9.80 Å².